The lowest BCUT2D eigenvalue weighted by molar-refractivity contribution is 0.0139. The van der Waals surface area contributed by atoms with Gasteiger partial charge in [0.1, 0.15) is 5.60 Å². The number of amides is 1. The Bertz CT molecular complexity index is 808. The maximum Gasteiger partial charge on any atom is 0.410 e. The van der Waals surface area contributed by atoms with Crippen molar-refractivity contribution >= 4 is 11.8 Å². The number of carbonyl (C=O) groups excluding carboxylic acids is 1. The fourth-order valence-electron chi connectivity index (χ4n) is 4.28. The molecule has 6 nitrogen and oxygen atoms in total. The highest BCUT2D eigenvalue weighted by molar-refractivity contribution is 5.68. The van der Waals surface area contributed by atoms with Crippen molar-refractivity contribution in [2.45, 2.75) is 46.8 Å². The van der Waals surface area contributed by atoms with Crippen molar-refractivity contribution in [3.8, 4) is 12.3 Å². The molecule has 1 aromatic carbocycles. The summed E-state index contributed by atoms with van der Waals surface area (Å²) in [6.07, 6.45) is 5.63. The zero-order valence-corrected chi connectivity index (χ0v) is 19.2. The molecule has 30 heavy (non-hydrogen) atoms. The molecule has 0 bridgehead atoms. The third kappa shape index (κ3) is 5.27. The summed E-state index contributed by atoms with van der Waals surface area (Å²) in [6.45, 7) is 18.0. The van der Waals surface area contributed by atoms with E-state index in [1.54, 1.807) is 0 Å². The van der Waals surface area contributed by atoms with Gasteiger partial charge in [0.05, 0.1) is 0 Å². The average molecular weight is 413 g/mol. The predicted octanol–water partition coefficient (Wildman–Crippen LogP) is 2.75. The minimum Gasteiger partial charge on any atom is -0.444 e. The zero-order valence-electron chi connectivity index (χ0n) is 19.2. The molecule has 1 aromatic rings. The lowest BCUT2D eigenvalue weighted by Crippen LogP contribution is -2.49. The summed E-state index contributed by atoms with van der Waals surface area (Å²) in [4.78, 5) is 19.0. The Morgan fingerprint density at radius 2 is 1.73 bits per heavy atom. The van der Waals surface area contributed by atoms with Gasteiger partial charge in [-0.2, -0.15) is 0 Å². The van der Waals surface area contributed by atoms with Crippen molar-refractivity contribution < 1.29 is 9.53 Å². The molecule has 1 N–H and O–H groups in total. The van der Waals surface area contributed by atoms with Gasteiger partial charge in [0.25, 0.3) is 0 Å². The van der Waals surface area contributed by atoms with E-state index < -0.39 is 5.60 Å². The molecule has 1 amide bonds. The van der Waals surface area contributed by atoms with E-state index >= 15 is 0 Å². The Morgan fingerprint density at radius 3 is 2.30 bits per heavy atom. The van der Waals surface area contributed by atoms with Gasteiger partial charge in [-0.05, 0) is 57.4 Å². The van der Waals surface area contributed by atoms with Crippen LogP contribution in [0.1, 0.15) is 43.0 Å². The molecule has 3 rings (SSSR count). The van der Waals surface area contributed by atoms with Crippen LogP contribution in [0.5, 0.6) is 0 Å². The molecule has 2 aliphatic heterocycles. The normalized spacial score (nSPS) is 18.3. The first-order chi connectivity index (χ1) is 14.2. The molecule has 0 aromatic heterocycles. The van der Waals surface area contributed by atoms with Crippen LogP contribution < -0.4 is 10.2 Å². The average Bonchev–Trinajstić information content (AvgIpc) is 2.70. The number of ether oxygens (including phenoxy) is 1. The van der Waals surface area contributed by atoms with Crippen molar-refractivity contribution in [3.63, 3.8) is 0 Å². The van der Waals surface area contributed by atoms with Crippen molar-refractivity contribution in [3.05, 3.63) is 28.3 Å². The second kappa shape index (κ2) is 9.28. The number of rotatable bonds is 3. The van der Waals surface area contributed by atoms with Crippen LogP contribution in [0.4, 0.5) is 10.5 Å². The third-order valence-corrected chi connectivity index (χ3v) is 5.92. The van der Waals surface area contributed by atoms with Gasteiger partial charge in [-0.1, -0.05) is 5.92 Å². The highest BCUT2D eigenvalue weighted by atomic mass is 16.6. The first-order valence-corrected chi connectivity index (χ1v) is 10.9. The number of carbonyl (C=O) groups is 1. The number of anilines is 1. The summed E-state index contributed by atoms with van der Waals surface area (Å²) in [5, 5.41) is 3.43. The van der Waals surface area contributed by atoms with Crippen LogP contribution in [0.3, 0.4) is 0 Å². The van der Waals surface area contributed by atoms with E-state index in [0.29, 0.717) is 13.1 Å². The fraction of sp³-hybridized carbons (Fsp3) is 0.625. The van der Waals surface area contributed by atoms with Crippen molar-refractivity contribution in [2.24, 2.45) is 0 Å². The second-order valence-electron chi connectivity index (χ2n) is 9.31. The van der Waals surface area contributed by atoms with Crippen LogP contribution in [-0.2, 0) is 11.3 Å². The second-order valence-corrected chi connectivity index (χ2v) is 9.31. The molecule has 0 aliphatic carbocycles. The molecule has 6 heteroatoms. The molecule has 0 atom stereocenters. The Labute approximate surface area is 181 Å². The van der Waals surface area contributed by atoms with Crippen LogP contribution in [0.15, 0.2) is 6.07 Å². The van der Waals surface area contributed by atoms with Gasteiger partial charge in [0.2, 0.25) is 0 Å². The van der Waals surface area contributed by atoms with E-state index in [9.17, 15) is 4.79 Å². The Hall–Kier alpha value is -2.23. The van der Waals surface area contributed by atoms with E-state index in [4.69, 9.17) is 11.2 Å². The van der Waals surface area contributed by atoms with E-state index in [2.05, 4.69) is 41.0 Å². The van der Waals surface area contributed by atoms with Crippen LogP contribution in [-0.4, -0.2) is 73.9 Å². The highest BCUT2D eigenvalue weighted by Crippen LogP contribution is 2.31. The van der Waals surface area contributed by atoms with Gasteiger partial charge >= 0.3 is 6.09 Å². The van der Waals surface area contributed by atoms with Crippen LogP contribution in [0.2, 0.25) is 0 Å². The molecule has 0 radical (unpaired) electrons. The fourth-order valence-corrected chi connectivity index (χ4v) is 4.28. The predicted molar refractivity (Wildman–Crippen MR) is 122 cm³/mol. The van der Waals surface area contributed by atoms with Gasteiger partial charge < -0.3 is 19.9 Å². The van der Waals surface area contributed by atoms with Gasteiger partial charge in [-0.3, -0.25) is 4.90 Å². The molecule has 164 valence electrons. The molecule has 2 fully saturated rings. The number of benzene rings is 1. The summed E-state index contributed by atoms with van der Waals surface area (Å²) in [5.74, 6) is 2.89. The van der Waals surface area contributed by atoms with Crippen LogP contribution in [0, 0.1) is 26.2 Å². The number of terminal acetylenes is 1. The molecular weight excluding hydrogens is 376 g/mol. The molecule has 2 aliphatic rings. The smallest absolute Gasteiger partial charge is 0.410 e. The molecular formula is C24H36N4O2. The van der Waals surface area contributed by atoms with Gasteiger partial charge in [0, 0.05) is 70.2 Å². The monoisotopic (exact) mass is 412 g/mol. The Kier molecular flexibility index (Phi) is 6.95. The van der Waals surface area contributed by atoms with Gasteiger partial charge in [-0.25, -0.2) is 4.79 Å². The van der Waals surface area contributed by atoms with E-state index in [1.807, 2.05) is 25.7 Å². The van der Waals surface area contributed by atoms with Crippen molar-refractivity contribution in [1.82, 2.24) is 15.1 Å². The number of piperazine rings is 2. The first kappa shape index (κ1) is 22.5. The molecule has 2 saturated heterocycles. The maximum absolute atomic E-state index is 12.3. The lowest BCUT2D eigenvalue weighted by atomic mass is 9.95. The van der Waals surface area contributed by atoms with Crippen LogP contribution >= 0.6 is 0 Å². The number of hydrogen-bond donors (Lipinski definition) is 1. The topological polar surface area (TPSA) is 48.1 Å². The maximum atomic E-state index is 12.3. The summed E-state index contributed by atoms with van der Waals surface area (Å²) < 4.78 is 5.51. The van der Waals surface area contributed by atoms with Gasteiger partial charge in [0.15, 0.2) is 0 Å². The summed E-state index contributed by atoms with van der Waals surface area (Å²) in [5.41, 5.74) is 5.64. The van der Waals surface area contributed by atoms with Crippen LogP contribution in [0.25, 0.3) is 0 Å². The van der Waals surface area contributed by atoms with Gasteiger partial charge in [-0.15, -0.1) is 6.42 Å². The number of nitrogens with zero attached hydrogens (tertiary/aromatic N) is 3. The Balaban J connectivity index is 1.71. The van der Waals surface area contributed by atoms with Crippen molar-refractivity contribution in [2.75, 3.05) is 57.3 Å². The van der Waals surface area contributed by atoms with E-state index in [1.165, 1.54) is 22.4 Å². The summed E-state index contributed by atoms with van der Waals surface area (Å²) in [7, 11) is 0. The van der Waals surface area contributed by atoms with E-state index in [-0.39, 0.29) is 6.09 Å². The number of hydrogen-bond acceptors (Lipinski definition) is 5. The molecule has 0 spiro atoms. The molecule has 2 heterocycles. The Morgan fingerprint density at radius 1 is 1.10 bits per heavy atom. The highest BCUT2D eigenvalue weighted by Gasteiger charge is 2.27. The lowest BCUT2D eigenvalue weighted by Gasteiger charge is -2.37. The molecule has 0 unspecified atom stereocenters. The largest absolute Gasteiger partial charge is 0.444 e. The quantitative estimate of drug-likeness (QED) is 0.774. The van der Waals surface area contributed by atoms with E-state index in [0.717, 1.165) is 51.4 Å². The third-order valence-electron chi connectivity index (χ3n) is 5.92. The molecule has 0 saturated carbocycles. The number of nitrogens with one attached hydrogen (secondary N) is 1. The summed E-state index contributed by atoms with van der Waals surface area (Å²) >= 11 is 0. The minimum absolute atomic E-state index is 0.218. The first-order valence-electron chi connectivity index (χ1n) is 10.9. The zero-order chi connectivity index (χ0) is 21.9. The summed E-state index contributed by atoms with van der Waals surface area (Å²) in [6, 6.07) is 2.18. The van der Waals surface area contributed by atoms with Crippen molar-refractivity contribution in [1.29, 1.82) is 0 Å². The minimum atomic E-state index is -0.459. The SMILES string of the molecule is C#Cc1cc(CN2CCN(C(=O)OC(C)(C)C)CC2)c(C)c(N2CCNCC2)c1C. The standard InChI is InChI=1S/C24H36N4O2/c1-7-20-16-21(19(3)22(18(20)2)27-10-8-25-9-11-27)17-26-12-14-28(15-13-26)23(29)30-24(4,5)6/h1,16,25H,8-15,17H2,2-6H3.